The van der Waals surface area contributed by atoms with E-state index in [1.165, 1.54) is 32.6 Å². The fourth-order valence-corrected chi connectivity index (χ4v) is 2.45. The van der Waals surface area contributed by atoms with E-state index in [9.17, 15) is 4.79 Å². The smallest absolute Gasteiger partial charge is 0.302 e. The molecule has 1 rings (SSSR count). The number of hydrogen-bond acceptors (Lipinski definition) is 2. The van der Waals surface area contributed by atoms with Gasteiger partial charge < -0.3 is 4.74 Å². The summed E-state index contributed by atoms with van der Waals surface area (Å²) in [6.45, 7) is 1.48. The zero-order chi connectivity index (χ0) is 9.68. The highest BCUT2D eigenvalue weighted by atomic mass is 79.9. The molecule has 0 saturated heterocycles. The Kier molecular flexibility index (Phi) is 4.78. The third kappa shape index (κ3) is 4.12. The summed E-state index contributed by atoms with van der Waals surface area (Å²) in [5.41, 5.74) is 0. The van der Waals surface area contributed by atoms with Crippen molar-refractivity contribution < 1.29 is 9.53 Å². The van der Waals surface area contributed by atoms with Gasteiger partial charge in [-0.25, -0.2) is 0 Å². The van der Waals surface area contributed by atoms with E-state index in [1.54, 1.807) is 0 Å². The van der Waals surface area contributed by atoms with Crippen molar-refractivity contribution in [2.24, 2.45) is 0 Å². The zero-order valence-electron chi connectivity index (χ0n) is 8.09. The maximum absolute atomic E-state index is 10.8. The Bertz CT molecular complexity index is 170. The monoisotopic (exact) mass is 248 g/mol. The standard InChI is InChI=1S/C10H17BrO2/c1-8(12)13-10-7-5-3-2-4-6-9(10)11/h9-10H,2-7H2,1H3. The fraction of sp³-hybridized carbons (Fsp3) is 0.900. The van der Waals surface area contributed by atoms with Crippen molar-refractivity contribution in [3.05, 3.63) is 0 Å². The van der Waals surface area contributed by atoms with Crippen molar-refractivity contribution >= 4 is 21.9 Å². The fourth-order valence-electron chi connectivity index (χ4n) is 1.75. The van der Waals surface area contributed by atoms with E-state index in [4.69, 9.17) is 4.74 Å². The van der Waals surface area contributed by atoms with Crippen LogP contribution in [0.1, 0.15) is 45.4 Å². The van der Waals surface area contributed by atoms with Gasteiger partial charge in [0.1, 0.15) is 6.10 Å². The third-order valence-corrected chi connectivity index (χ3v) is 3.49. The van der Waals surface area contributed by atoms with Crippen LogP contribution in [0.2, 0.25) is 0 Å². The lowest BCUT2D eigenvalue weighted by Gasteiger charge is -2.24. The second kappa shape index (κ2) is 5.63. The van der Waals surface area contributed by atoms with Crippen LogP contribution in [-0.2, 0) is 9.53 Å². The lowest BCUT2D eigenvalue weighted by molar-refractivity contribution is -0.146. The Balaban J connectivity index is 2.41. The average Bonchev–Trinajstić information content (AvgIpc) is 2.04. The first-order valence-electron chi connectivity index (χ1n) is 5.01. The molecule has 0 radical (unpaired) electrons. The molecule has 0 aromatic rings. The summed E-state index contributed by atoms with van der Waals surface area (Å²) in [4.78, 5) is 11.2. The number of halogens is 1. The molecule has 2 nitrogen and oxygen atoms in total. The van der Waals surface area contributed by atoms with Gasteiger partial charge >= 0.3 is 5.97 Å². The molecule has 0 aromatic carbocycles. The molecule has 0 aromatic heterocycles. The maximum Gasteiger partial charge on any atom is 0.302 e. The summed E-state index contributed by atoms with van der Waals surface area (Å²) in [6.07, 6.45) is 7.24. The third-order valence-electron chi connectivity index (χ3n) is 2.44. The van der Waals surface area contributed by atoms with E-state index >= 15 is 0 Å². The van der Waals surface area contributed by atoms with Gasteiger partial charge in [-0.1, -0.05) is 35.2 Å². The number of rotatable bonds is 1. The van der Waals surface area contributed by atoms with E-state index in [0.29, 0.717) is 4.83 Å². The number of ether oxygens (including phenoxy) is 1. The molecule has 0 heterocycles. The van der Waals surface area contributed by atoms with Crippen LogP contribution < -0.4 is 0 Å². The molecule has 0 amide bonds. The molecule has 13 heavy (non-hydrogen) atoms. The maximum atomic E-state index is 10.8. The first-order chi connectivity index (χ1) is 6.20. The molecule has 1 fully saturated rings. The molecule has 1 saturated carbocycles. The van der Waals surface area contributed by atoms with E-state index in [1.807, 2.05) is 0 Å². The molecule has 76 valence electrons. The van der Waals surface area contributed by atoms with Crippen molar-refractivity contribution in [2.45, 2.75) is 56.4 Å². The number of hydrogen-bond donors (Lipinski definition) is 0. The quantitative estimate of drug-likeness (QED) is 0.527. The molecule has 2 unspecified atom stereocenters. The number of carbonyl (C=O) groups is 1. The molecule has 3 heteroatoms. The van der Waals surface area contributed by atoms with Gasteiger partial charge in [0.2, 0.25) is 0 Å². The molecule has 0 spiro atoms. The summed E-state index contributed by atoms with van der Waals surface area (Å²) in [5, 5.41) is 0. The SMILES string of the molecule is CC(=O)OC1CCCCCCC1Br. The van der Waals surface area contributed by atoms with Crippen LogP contribution in [0.5, 0.6) is 0 Å². The Morgan fingerprint density at radius 1 is 1.23 bits per heavy atom. The van der Waals surface area contributed by atoms with E-state index in [0.717, 1.165) is 12.8 Å². The van der Waals surface area contributed by atoms with Crippen molar-refractivity contribution in [2.75, 3.05) is 0 Å². The van der Waals surface area contributed by atoms with Crippen LogP contribution in [0.4, 0.5) is 0 Å². The highest BCUT2D eigenvalue weighted by Gasteiger charge is 2.22. The van der Waals surface area contributed by atoms with Gasteiger partial charge in [0.25, 0.3) is 0 Å². The van der Waals surface area contributed by atoms with Crippen LogP contribution in [-0.4, -0.2) is 16.9 Å². The van der Waals surface area contributed by atoms with Crippen LogP contribution in [0.3, 0.4) is 0 Å². The average molecular weight is 249 g/mol. The summed E-state index contributed by atoms with van der Waals surface area (Å²) in [6, 6.07) is 0. The van der Waals surface area contributed by atoms with Crippen molar-refractivity contribution in [1.29, 1.82) is 0 Å². The molecule has 0 N–H and O–H groups in total. The van der Waals surface area contributed by atoms with E-state index in [-0.39, 0.29) is 12.1 Å². The normalized spacial score (nSPS) is 30.3. The van der Waals surface area contributed by atoms with Crippen molar-refractivity contribution in [3.8, 4) is 0 Å². The molecule has 1 aliphatic rings. The van der Waals surface area contributed by atoms with Gasteiger partial charge in [0.15, 0.2) is 0 Å². The Morgan fingerprint density at radius 2 is 1.85 bits per heavy atom. The number of esters is 1. The van der Waals surface area contributed by atoms with Gasteiger partial charge in [0.05, 0.1) is 4.83 Å². The minimum Gasteiger partial charge on any atom is -0.461 e. The van der Waals surface area contributed by atoms with Crippen LogP contribution in [0.15, 0.2) is 0 Å². The zero-order valence-corrected chi connectivity index (χ0v) is 9.68. The highest BCUT2D eigenvalue weighted by Crippen LogP contribution is 2.25. The molecular weight excluding hydrogens is 232 g/mol. The number of carbonyl (C=O) groups excluding carboxylic acids is 1. The summed E-state index contributed by atoms with van der Waals surface area (Å²) >= 11 is 3.59. The second-order valence-corrected chi connectivity index (χ2v) is 4.83. The summed E-state index contributed by atoms with van der Waals surface area (Å²) < 4.78 is 5.25. The van der Waals surface area contributed by atoms with Crippen LogP contribution in [0, 0.1) is 0 Å². The minimum atomic E-state index is -0.157. The Morgan fingerprint density at radius 3 is 2.46 bits per heavy atom. The highest BCUT2D eigenvalue weighted by molar-refractivity contribution is 9.09. The predicted octanol–water partition coefficient (Wildman–Crippen LogP) is 3.04. The van der Waals surface area contributed by atoms with Crippen LogP contribution in [0.25, 0.3) is 0 Å². The van der Waals surface area contributed by atoms with Crippen LogP contribution >= 0.6 is 15.9 Å². The van der Waals surface area contributed by atoms with Gasteiger partial charge in [-0.05, 0) is 19.3 Å². The largest absolute Gasteiger partial charge is 0.461 e. The van der Waals surface area contributed by atoms with Crippen molar-refractivity contribution in [1.82, 2.24) is 0 Å². The lowest BCUT2D eigenvalue weighted by Crippen LogP contribution is -2.27. The predicted molar refractivity (Wildman–Crippen MR) is 56.0 cm³/mol. The van der Waals surface area contributed by atoms with Gasteiger partial charge in [-0.2, -0.15) is 0 Å². The summed E-state index contributed by atoms with van der Waals surface area (Å²) in [7, 11) is 0. The molecule has 2 atom stereocenters. The molecule has 0 bridgehead atoms. The van der Waals surface area contributed by atoms with E-state index in [2.05, 4.69) is 15.9 Å². The minimum absolute atomic E-state index is 0.0952. The van der Waals surface area contributed by atoms with Gasteiger partial charge in [-0.15, -0.1) is 0 Å². The Hall–Kier alpha value is -0.0500. The first kappa shape index (κ1) is 11.0. The topological polar surface area (TPSA) is 26.3 Å². The molecule has 1 aliphatic carbocycles. The second-order valence-electron chi connectivity index (χ2n) is 3.66. The van der Waals surface area contributed by atoms with Crippen molar-refractivity contribution in [3.63, 3.8) is 0 Å². The van der Waals surface area contributed by atoms with E-state index < -0.39 is 0 Å². The Labute approximate surface area is 88.2 Å². The lowest BCUT2D eigenvalue weighted by atomic mass is 9.98. The van der Waals surface area contributed by atoms with Gasteiger partial charge in [0, 0.05) is 6.92 Å². The van der Waals surface area contributed by atoms with Gasteiger partial charge in [-0.3, -0.25) is 4.79 Å². The number of alkyl halides is 1. The first-order valence-corrected chi connectivity index (χ1v) is 5.93. The summed E-state index contributed by atoms with van der Waals surface area (Å²) in [5.74, 6) is -0.157. The molecular formula is C10H17BrO2. The molecule has 0 aliphatic heterocycles.